The summed E-state index contributed by atoms with van der Waals surface area (Å²) >= 11 is 0. The van der Waals surface area contributed by atoms with E-state index in [-0.39, 0.29) is 0 Å². The van der Waals surface area contributed by atoms with Gasteiger partial charge < -0.3 is 40.9 Å². The maximum absolute atomic E-state index is 9.36. The second-order valence-corrected chi connectivity index (χ2v) is 5.96. The molecule has 0 aromatic carbocycles. The molecular formula is C8H18O8S2. The van der Waals surface area contributed by atoms with Crippen LogP contribution in [-0.4, -0.2) is 89.4 Å². The largest absolute Gasteiger partial charge is 0.394 e. The van der Waals surface area contributed by atoms with Gasteiger partial charge in [0.25, 0.3) is 0 Å². The van der Waals surface area contributed by atoms with Gasteiger partial charge in [0.15, 0.2) is 0 Å². The summed E-state index contributed by atoms with van der Waals surface area (Å²) in [6, 6.07) is 0. The van der Waals surface area contributed by atoms with Gasteiger partial charge in [-0.05, 0) is 0 Å². The number of aliphatic hydroxyl groups excluding tert-OH is 8. The molecule has 0 saturated carbocycles. The standard InChI is InChI=1S/C8H18O8S2/c9-1-3(11)5(13)7(15)17-18-8(16)6(14)4(12)2-10/h3-16H,1-2H2/t3-,4-,5-,6-,7?,8?/m1/s1. The summed E-state index contributed by atoms with van der Waals surface area (Å²) in [5.41, 5.74) is -3.02. The molecule has 0 heterocycles. The van der Waals surface area contributed by atoms with Crippen molar-refractivity contribution in [3.8, 4) is 0 Å². The molecule has 0 aromatic rings. The minimum Gasteiger partial charge on any atom is -0.394 e. The van der Waals surface area contributed by atoms with Gasteiger partial charge >= 0.3 is 0 Å². The molecular weight excluding hydrogens is 288 g/mol. The van der Waals surface area contributed by atoms with Crippen LogP contribution < -0.4 is 0 Å². The van der Waals surface area contributed by atoms with E-state index in [0.717, 1.165) is 0 Å². The number of rotatable bonds is 9. The molecule has 8 nitrogen and oxygen atoms in total. The van der Waals surface area contributed by atoms with E-state index in [0.29, 0.717) is 21.6 Å². The Balaban J connectivity index is 4.08. The quantitative estimate of drug-likeness (QED) is 0.158. The molecule has 0 bridgehead atoms. The molecule has 0 spiro atoms. The molecule has 0 amide bonds. The first-order chi connectivity index (χ1) is 8.34. The monoisotopic (exact) mass is 306 g/mol. The average Bonchev–Trinajstić information content (AvgIpc) is 2.40. The lowest BCUT2D eigenvalue weighted by Gasteiger charge is -2.24. The highest BCUT2D eigenvalue weighted by Crippen LogP contribution is 2.33. The average molecular weight is 306 g/mol. The zero-order valence-electron chi connectivity index (χ0n) is 9.27. The fourth-order valence-electron chi connectivity index (χ4n) is 0.824. The van der Waals surface area contributed by atoms with E-state index in [2.05, 4.69) is 0 Å². The van der Waals surface area contributed by atoms with Gasteiger partial charge in [-0.15, -0.1) is 0 Å². The molecule has 0 aromatic heterocycles. The Kier molecular flexibility index (Phi) is 9.51. The minimum absolute atomic E-state index is 0.541. The Morgan fingerprint density at radius 2 is 0.889 bits per heavy atom. The molecule has 110 valence electrons. The van der Waals surface area contributed by atoms with Crippen LogP contribution in [0.25, 0.3) is 0 Å². The highest BCUT2D eigenvalue weighted by atomic mass is 33.1. The van der Waals surface area contributed by atoms with Crippen LogP contribution in [-0.2, 0) is 0 Å². The molecule has 0 saturated heterocycles. The molecule has 8 N–H and O–H groups in total. The third kappa shape index (κ3) is 6.02. The van der Waals surface area contributed by atoms with Crippen molar-refractivity contribution in [1.82, 2.24) is 0 Å². The normalized spacial score (nSPS) is 22.0. The second-order valence-electron chi connectivity index (χ2n) is 3.45. The molecule has 6 atom stereocenters. The topological polar surface area (TPSA) is 162 Å². The molecule has 0 aliphatic heterocycles. The van der Waals surface area contributed by atoms with Crippen LogP contribution in [0, 0.1) is 0 Å². The van der Waals surface area contributed by atoms with E-state index < -0.39 is 48.5 Å². The van der Waals surface area contributed by atoms with Gasteiger partial charge in [-0.25, -0.2) is 0 Å². The lowest BCUT2D eigenvalue weighted by molar-refractivity contribution is -0.0499. The van der Waals surface area contributed by atoms with Crippen LogP contribution in [0.3, 0.4) is 0 Å². The van der Waals surface area contributed by atoms with Crippen LogP contribution in [0.4, 0.5) is 0 Å². The van der Waals surface area contributed by atoms with E-state index in [1.807, 2.05) is 0 Å². The predicted molar refractivity (Wildman–Crippen MR) is 65.4 cm³/mol. The number of aliphatic hydroxyl groups is 8. The Morgan fingerprint density at radius 3 is 1.11 bits per heavy atom. The Morgan fingerprint density at radius 1 is 0.611 bits per heavy atom. The Bertz CT molecular complexity index is 199. The Labute approximate surface area is 111 Å². The highest BCUT2D eigenvalue weighted by Gasteiger charge is 2.29. The van der Waals surface area contributed by atoms with Crippen molar-refractivity contribution in [2.24, 2.45) is 0 Å². The van der Waals surface area contributed by atoms with Gasteiger partial charge in [0.05, 0.1) is 13.2 Å². The predicted octanol–water partition coefficient (Wildman–Crippen LogP) is -3.57. The van der Waals surface area contributed by atoms with Gasteiger partial charge in [-0.3, -0.25) is 0 Å². The molecule has 0 fully saturated rings. The van der Waals surface area contributed by atoms with Crippen LogP contribution in [0.15, 0.2) is 0 Å². The summed E-state index contributed by atoms with van der Waals surface area (Å²) in [5.74, 6) is 0. The van der Waals surface area contributed by atoms with Crippen LogP contribution in [0.2, 0.25) is 0 Å². The summed E-state index contributed by atoms with van der Waals surface area (Å²) in [5, 5.41) is 72.4. The molecule has 0 aliphatic rings. The maximum atomic E-state index is 9.36. The first-order valence-electron chi connectivity index (χ1n) is 4.97. The van der Waals surface area contributed by atoms with E-state index in [4.69, 9.17) is 20.4 Å². The molecule has 0 aliphatic carbocycles. The van der Waals surface area contributed by atoms with E-state index >= 15 is 0 Å². The van der Waals surface area contributed by atoms with Crippen LogP contribution in [0.1, 0.15) is 0 Å². The van der Waals surface area contributed by atoms with Crippen LogP contribution in [0.5, 0.6) is 0 Å². The smallest absolute Gasteiger partial charge is 0.138 e. The summed E-state index contributed by atoms with van der Waals surface area (Å²) in [6.45, 7) is -1.48. The first kappa shape index (κ1) is 18.4. The van der Waals surface area contributed by atoms with Crippen molar-refractivity contribution < 1.29 is 40.9 Å². The van der Waals surface area contributed by atoms with Crippen molar-refractivity contribution >= 4 is 21.6 Å². The SMILES string of the molecule is OC[C@@H](O)[C@@H](O)C(O)SSC(O)[C@H](O)[C@H](O)CO. The molecule has 0 radical (unpaired) electrons. The summed E-state index contributed by atoms with van der Waals surface area (Å²) in [7, 11) is 1.08. The van der Waals surface area contributed by atoms with Gasteiger partial charge in [0, 0.05) is 0 Å². The van der Waals surface area contributed by atoms with Crippen molar-refractivity contribution in [2.45, 2.75) is 35.3 Å². The lowest BCUT2D eigenvalue weighted by Crippen LogP contribution is -2.39. The van der Waals surface area contributed by atoms with E-state index in [1.165, 1.54) is 0 Å². The summed E-state index contributed by atoms with van der Waals surface area (Å²) in [4.78, 5) is 0. The molecule has 2 unspecified atom stereocenters. The van der Waals surface area contributed by atoms with Gasteiger partial charge in [-0.2, -0.15) is 0 Å². The zero-order valence-corrected chi connectivity index (χ0v) is 10.9. The van der Waals surface area contributed by atoms with Crippen molar-refractivity contribution in [2.75, 3.05) is 13.2 Å². The third-order valence-electron chi connectivity index (χ3n) is 2.00. The fourth-order valence-corrected chi connectivity index (χ4v) is 3.01. The zero-order chi connectivity index (χ0) is 14.3. The third-order valence-corrected chi connectivity index (χ3v) is 4.58. The lowest BCUT2D eigenvalue weighted by atomic mass is 10.2. The maximum Gasteiger partial charge on any atom is 0.138 e. The van der Waals surface area contributed by atoms with Gasteiger partial charge in [-0.1, -0.05) is 21.6 Å². The van der Waals surface area contributed by atoms with E-state index in [1.54, 1.807) is 0 Å². The number of hydrogen-bond acceptors (Lipinski definition) is 10. The van der Waals surface area contributed by atoms with Gasteiger partial charge in [0.2, 0.25) is 0 Å². The summed E-state index contributed by atoms with van der Waals surface area (Å²) in [6.07, 6.45) is -6.31. The highest BCUT2D eigenvalue weighted by molar-refractivity contribution is 8.77. The van der Waals surface area contributed by atoms with Gasteiger partial charge in [0.1, 0.15) is 35.3 Å². The fraction of sp³-hybridized carbons (Fsp3) is 1.00. The van der Waals surface area contributed by atoms with Crippen molar-refractivity contribution in [1.29, 1.82) is 0 Å². The molecule has 0 rings (SSSR count). The first-order valence-corrected chi connectivity index (χ1v) is 7.25. The summed E-state index contributed by atoms with van der Waals surface area (Å²) < 4.78 is 0. The van der Waals surface area contributed by atoms with E-state index in [9.17, 15) is 20.4 Å². The number of hydrogen-bond donors (Lipinski definition) is 8. The minimum atomic E-state index is -1.63. The van der Waals surface area contributed by atoms with Crippen molar-refractivity contribution in [3.05, 3.63) is 0 Å². The molecule has 10 heteroatoms. The van der Waals surface area contributed by atoms with Crippen LogP contribution >= 0.6 is 21.6 Å². The Hall–Kier alpha value is 0.380. The molecule has 18 heavy (non-hydrogen) atoms. The van der Waals surface area contributed by atoms with Crippen molar-refractivity contribution in [3.63, 3.8) is 0 Å². The second kappa shape index (κ2) is 9.31.